The second-order valence-corrected chi connectivity index (χ2v) is 6.02. The molecule has 0 bridgehead atoms. The van der Waals surface area contributed by atoms with E-state index in [-0.39, 0.29) is 11.8 Å². The van der Waals surface area contributed by atoms with Crippen LogP contribution in [-0.2, 0) is 0 Å². The highest BCUT2D eigenvalue weighted by molar-refractivity contribution is 6.05. The third-order valence-electron chi connectivity index (χ3n) is 4.35. The smallest absolute Gasteiger partial charge is 0.255 e. The van der Waals surface area contributed by atoms with E-state index in [9.17, 15) is 9.59 Å². The number of hydrogen-bond acceptors (Lipinski definition) is 4. The topological polar surface area (TPSA) is 70.7 Å². The standard InChI is InChI=1S/C21H27N3O3/c1-4-24(5-2)14-13-22-21(26)18-12-11-17(15-19(18)27-3)23-20(25)16-9-7-6-8-10-16/h6-12,15H,4-5,13-14H2,1-3H3,(H,22,26)(H,23,25). The maximum atomic E-state index is 12.4. The van der Waals surface area contributed by atoms with Crippen molar-refractivity contribution < 1.29 is 14.3 Å². The van der Waals surface area contributed by atoms with Gasteiger partial charge in [0.25, 0.3) is 11.8 Å². The summed E-state index contributed by atoms with van der Waals surface area (Å²) in [6, 6.07) is 14.0. The Morgan fingerprint density at radius 3 is 2.33 bits per heavy atom. The largest absolute Gasteiger partial charge is 0.496 e. The third kappa shape index (κ3) is 5.82. The number of amides is 2. The van der Waals surface area contributed by atoms with Crippen LogP contribution in [0.4, 0.5) is 5.69 Å². The minimum Gasteiger partial charge on any atom is -0.496 e. The molecule has 144 valence electrons. The van der Waals surface area contributed by atoms with E-state index in [0.29, 0.717) is 29.1 Å². The van der Waals surface area contributed by atoms with Crippen molar-refractivity contribution in [1.82, 2.24) is 10.2 Å². The molecule has 0 aliphatic heterocycles. The van der Waals surface area contributed by atoms with Crippen LogP contribution in [0.5, 0.6) is 5.75 Å². The molecule has 0 atom stereocenters. The molecule has 2 aromatic rings. The highest BCUT2D eigenvalue weighted by atomic mass is 16.5. The van der Waals surface area contributed by atoms with Gasteiger partial charge >= 0.3 is 0 Å². The Labute approximate surface area is 160 Å². The van der Waals surface area contributed by atoms with Crippen molar-refractivity contribution in [3.05, 3.63) is 59.7 Å². The lowest BCUT2D eigenvalue weighted by Gasteiger charge is -2.18. The van der Waals surface area contributed by atoms with E-state index in [2.05, 4.69) is 29.4 Å². The first kappa shape index (κ1) is 20.5. The molecule has 0 aromatic heterocycles. The van der Waals surface area contributed by atoms with Gasteiger partial charge in [-0.2, -0.15) is 0 Å². The van der Waals surface area contributed by atoms with Crippen LogP contribution < -0.4 is 15.4 Å². The van der Waals surface area contributed by atoms with Crippen molar-refractivity contribution in [2.24, 2.45) is 0 Å². The molecule has 0 saturated heterocycles. The minimum atomic E-state index is -0.214. The molecule has 2 N–H and O–H groups in total. The zero-order chi connectivity index (χ0) is 19.6. The van der Waals surface area contributed by atoms with E-state index >= 15 is 0 Å². The number of likely N-dealkylation sites (N-methyl/N-ethyl adjacent to an activating group) is 1. The van der Waals surface area contributed by atoms with E-state index in [0.717, 1.165) is 19.6 Å². The lowest BCUT2D eigenvalue weighted by molar-refractivity contribution is 0.0945. The molecule has 6 nitrogen and oxygen atoms in total. The average molecular weight is 369 g/mol. The van der Waals surface area contributed by atoms with Crippen LogP contribution in [0.2, 0.25) is 0 Å². The van der Waals surface area contributed by atoms with Crippen molar-refractivity contribution in [3.8, 4) is 5.75 Å². The summed E-state index contributed by atoms with van der Waals surface area (Å²) in [5.41, 5.74) is 1.57. The molecule has 27 heavy (non-hydrogen) atoms. The fourth-order valence-electron chi connectivity index (χ4n) is 2.71. The molecule has 0 heterocycles. The van der Waals surface area contributed by atoms with Crippen LogP contribution in [0.15, 0.2) is 48.5 Å². The van der Waals surface area contributed by atoms with Crippen LogP contribution in [-0.4, -0.2) is 50.0 Å². The van der Waals surface area contributed by atoms with Crippen LogP contribution >= 0.6 is 0 Å². The molecule has 2 amide bonds. The van der Waals surface area contributed by atoms with Crippen molar-refractivity contribution in [2.45, 2.75) is 13.8 Å². The first-order valence-corrected chi connectivity index (χ1v) is 9.14. The van der Waals surface area contributed by atoms with Gasteiger partial charge in [0.15, 0.2) is 0 Å². The zero-order valence-corrected chi connectivity index (χ0v) is 16.1. The van der Waals surface area contributed by atoms with Gasteiger partial charge in [-0.25, -0.2) is 0 Å². The SMILES string of the molecule is CCN(CC)CCNC(=O)c1ccc(NC(=O)c2ccccc2)cc1OC. The van der Waals surface area contributed by atoms with Crippen LogP contribution in [0, 0.1) is 0 Å². The lowest BCUT2D eigenvalue weighted by Crippen LogP contribution is -2.34. The van der Waals surface area contributed by atoms with Crippen LogP contribution in [0.3, 0.4) is 0 Å². The van der Waals surface area contributed by atoms with Gasteiger partial charge in [0.2, 0.25) is 0 Å². The second kappa shape index (κ2) is 10.3. The van der Waals surface area contributed by atoms with Gasteiger partial charge in [-0.1, -0.05) is 32.0 Å². The molecule has 0 aliphatic carbocycles. The van der Waals surface area contributed by atoms with Crippen molar-refractivity contribution in [2.75, 3.05) is 38.6 Å². The monoisotopic (exact) mass is 369 g/mol. The van der Waals surface area contributed by atoms with Gasteiger partial charge in [0.05, 0.1) is 12.7 Å². The predicted molar refractivity (Wildman–Crippen MR) is 108 cm³/mol. The van der Waals surface area contributed by atoms with Crippen molar-refractivity contribution in [1.29, 1.82) is 0 Å². The summed E-state index contributed by atoms with van der Waals surface area (Å²) in [4.78, 5) is 26.9. The Hall–Kier alpha value is -2.86. The van der Waals surface area contributed by atoms with Gasteiger partial charge < -0.3 is 20.3 Å². The number of anilines is 1. The fourth-order valence-corrected chi connectivity index (χ4v) is 2.71. The van der Waals surface area contributed by atoms with E-state index < -0.39 is 0 Å². The van der Waals surface area contributed by atoms with Gasteiger partial charge in [-0.05, 0) is 37.4 Å². The van der Waals surface area contributed by atoms with Crippen molar-refractivity contribution >= 4 is 17.5 Å². The van der Waals surface area contributed by atoms with E-state index in [4.69, 9.17) is 4.74 Å². The highest BCUT2D eigenvalue weighted by Gasteiger charge is 2.14. The first-order chi connectivity index (χ1) is 13.1. The Bertz CT molecular complexity index is 759. The fraction of sp³-hybridized carbons (Fsp3) is 0.333. The van der Waals surface area contributed by atoms with E-state index in [1.807, 2.05) is 6.07 Å². The second-order valence-electron chi connectivity index (χ2n) is 6.02. The summed E-state index contributed by atoms with van der Waals surface area (Å²) < 4.78 is 5.34. The number of carbonyl (C=O) groups excluding carboxylic acids is 2. The summed E-state index contributed by atoms with van der Waals surface area (Å²) in [5, 5.41) is 5.73. The number of ether oxygens (including phenoxy) is 1. The Kier molecular flexibility index (Phi) is 7.82. The summed E-state index contributed by atoms with van der Waals surface area (Å²) in [6.45, 7) is 7.45. The lowest BCUT2D eigenvalue weighted by atomic mass is 10.1. The number of nitrogens with zero attached hydrogens (tertiary/aromatic N) is 1. The molecular weight excluding hydrogens is 342 g/mol. The highest BCUT2D eigenvalue weighted by Crippen LogP contribution is 2.23. The third-order valence-corrected chi connectivity index (χ3v) is 4.35. The minimum absolute atomic E-state index is 0.194. The van der Waals surface area contributed by atoms with Gasteiger partial charge in [-0.3, -0.25) is 9.59 Å². The normalized spacial score (nSPS) is 10.5. The van der Waals surface area contributed by atoms with E-state index in [1.54, 1.807) is 42.5 Å². The van der Waals surface area contributed by atoms with E-state index in [1.165, 1.54) is 7.11 Å². The molecule has 0 fully saturated rings. The molecule has 0 unspecified atom stereocenters. The number of nitrogens with one attached hydrogen (secondary N) is 2. The number of methoxy groups -OCH3 is 1. The molecule has 0 spiro atoms. The summed E-state index contributed by atoms with van der Waals surface area (Å²) >= 11 is 0. The number of carbonyl (C=O) groups is 2. The predicted octanol–water partition coefficient (Wildman–Crippen LogP) is 3.02. The molecular formula is C21H27N3O3. The Morgan fingerprint density at radius 1 is 1.00 bits per heavy atom. The molecule has 2 aromatic carbocycles. The summed E-state index contributed by atoms with van der Waals surface area (Å²) in [7, 11) is 1.50. The zero-order valence-electron chi connectivity index (χ0n) is 16.1. The maximum Gasteiger partial charge on any atom is 0.255 e. The quantitative estimate of drug-likeness (QED) is 0.713. The Balaban J connectivity index is 2.02. The number of rotatable bonds is 9. The summed E-state index contributed by atoms with van der Waals surface area (Å²) in [5.74, 6) is 0.00946. The van der Waals surface area contributed by atoms with Crippen LogP contribution in [0.25, 0.3) is 0 Å². The first-order valence-electron chi connectivity index (χ1n) is 9.14. The summed E-state index contributed by atoms with van der Waals surface area (Å²) in [6.07, 6.45) is 0. The average Bonchev–Trinajstić information content (AvgIpc) is 2.71. The molecule has 0 aliphatic rings. The molecule has 0 saturated carbocycles. The van der Waals surface area contributed by atoms with Gasteiger partial charge in [0, 0.05) is 30.4 Å². The Morgan fingerprint density at radius 2 is 1.70 bits per heavy atom. The number of hydrogen-bond donors (Lipinski definition) is 2. The van der Waals surface area contributed by atoms with Gasteiger partial charge in [0.1, 0.15) is 5.75 Å². The molecule has 6 heteroatoms. The molecule has 2 rings (SSSR count). The maximum absolute atomic E-state index is 12.4. The van der Waals surface area contributed by atoms with Crippen LogP contribution in [0.1, 0.15) is 34.6 Å². The molecule has 0 radical (unpaired) electrons. The van der Waals surface area contributed by atoms with Crippen molar-refractivity contribution in [3.63, 3.8) is 0 Å². The number of benzene rings is 2. The van der Waals surface area contributed by atoms with Gasteiger partial charge in [-0.15, -0.1) is 0 Å².